The van der Waals surface area contributed by atoms with Gasteiger partial charge in [0.25, 0.3) is 0 Å². The van der Waals surface area contributed by atoms with Gasteiger partial charge in [0.2, 0.25) is 5.91 Å². The number of nitrogens with one attached hydrogen (secondary N) is 1. The maximum absolute atomic E-state index is 11.8. The quantitative estimate of drug-likeness (QED) is 0.751. The van der Waals surface area contributed by atoms with E-state index in [0.29, 0.717) is 6.54 Å². The van der Waals surface area contributed by atoms with Crippen LogP contribution in [0.3, 0.4) is 0 Å². The first-order valence-electron chi connectivity index (χ1n) is 7.16. The zero-order valence-corrected chi connectivity index (χ0v) is 12.4. The summed E-state index contributed by atoms with van der Waals surface area (Å²) in [6.45, 7) is 2.45. The molecule has 0 radical (unpaired) electrons. The van der Waals surface area contributed by atoms with E-state index in [2.05, 4.69) is 10.3 Å². The Hall–Kier alpha value is -2.88. The first kappa shape index (κ1) is 14.1. The first-order chi connectivity index (χ1) is 10.7. The molecule has 0 aliphatic carbocycles. The van der Waals surface area contributed by atoms with Crippen LogP contribution in [0.1, 0.15) is 16.8 Å². The van der Waals surface area contributed by atoms with Crippen LogP contribution >= 0.6 is 0 Å². The molecule has 0 aliphatic heterocycles. The largest absolute Gasteiger partial charge is 0.347 e. The van der Waals surface area contributed by atoms with Crippen molar-refractivity contribution < 1.29 is 4.79 Å². The van der Waals surface area contributed by atoms with Crippen LogP contribution in [0.5, 0.6) is 0 Å². The second kappa shape index (κ2) is 6.26. The van der Waals surface area contributed by atoms with E-state index in [0.717, 1.165) is 16.9 Å². The number of carbonyl (C=O) groups excluding carboxylic acids is 1. The molecule has 0 bridgehead atoms. The maximum atomic E-state index is 11.8. The molecule has 0 fully saturated rings. The Morgan fingerprint density at radius 3 is 2.82 bits per heavy atom. The number of benzene rings is 1. The minimum Gasteiger partial charge on any atom is -0.347 e. The molecule has 2 aromatic heterocycles. The van der Waals surface area contributed by atoms with Gasteiger partial charge in [0.05, 0.1) is 12.2 Å². The number of aryl methyl sites for hydroxylation is 1. The Labute approximate surface area is 129 Å². The SMILES string of the molecule is Cc1ccc(/C=C/C(=O)NCc2cn3ccccc3n2)cc1. The number of fused-ring (bicyclic) bond motifs is 1. The van der Waals surface area contributed by atoms with Crippen molar-refractivity contribution in [2.45, 2.75) is 13.5 Å². The summed E-state index contributed by atoms with van der Waals surface area (Å²) in [4.78, 5) is 16.3. The van der Waals surface area contributed by atoms with Crippen molar-refractivity contribution in [1.29, 1.82) is 0 Å². The molecule has 0 atom stereocenters. The highest BCUT2D eigenvalue weighted by atomic mass is 16.1. The lowest BCUT2D eigenvalue weighted by Crippen LogP contribution is -2.20. The fraction of sp³-hybridized carbons (Fsp3) is 0.111. The topological polar surface area (TPSA) is 46.4 Å². The highest BCUT2D eigenvalue weighted by Gasteiger charge is 2.02. The number of aromatic nitrogens is 2. The van der Waals surface area contributed by atoms with E-state index in [1.165, 1.54) is 5.56 Å². The summed E-state index contributed by atoms with van der Waals surface area (Å²) in [6.07, 6.45) is 7.20. The Morgan fingerprint density at radius 2 is 2.05 bits per heavy atom. The van der Waals surface area contributed by atoms with E-state index in [1.807, 2.05) is 66.2 Å². The zero-order chi connectivity index (χ0) is 15.4. The molecular weight excluding hydrogens is 274 g/mol. The van der Waals surface area contributed by atoms with Crippen LogP contribution in [0.15, 0.2) is 60.9 Å². The third-order valence-corrected chi connectivity index (χ3v) is 3.36. The highest BCUT2D eigenvalue weighted by Crippen LogP contribution is 2.06. The second-order valence-electron chi connectivity index (χ2n) is 5.16. The molecule has 0 saturated heterocycles. The van der Waals surface area contributed by atoms with E-state index in [1.54, 1.807) is 12.2 Å². The van der Waals surface area contributed by atoms with Crippen molar-refractivity contribution in [2.24, 2.45) is 0 Å². The van der Waals surface area contributed by atoms with Gasteiger partial charge in [0.15, 0.2) is 0 Å². The standard InChI is InChI=1S/C18H17N3O/c1-14-5-7-15(8-6-14)9-10-18(22)19-12-16-13-21-11-3-2-4-17(21)20-16/h2-11,13H,12H2,1H3,(H,19,22)/b10-9+. The van der Waals surface area contributed by atoms with Gasteiger partial charge >= 0.3 is 0 Å². The van der Waals surface area contributed by atoms with Crippen LogP contribution in [-0.2, 0) is 11.3 Å². The second-order valence-corrected chi connectivity index (χ2v) is 5.16. The summed E-state index contributed by atoms with van der Waals surface area (Å²) in [5.74, 6) is -0.127. The highest BCUT2D eigenvalue weighted by molar-refractivity contribution is 5.91. The van der Waals surface area contributed by atoms with Gasteiger partial charge in [-0.1, -0.05) is 35.9 Å². The van der Waals surface area contributed by atoms with Gasteiger partial charge in [0, 0.05) is 18.5 Å². The molecule has 1 aromatic carbocycles. The first-order valence-corrected chi connectivity index (χ1v) is 7.16. The van der Waals surface area contributed by atoms with E-state index >= 15 is 0 Å². The molecule has 4 heteroatoms. The van der Waals surface area contributed by atoms with Crippen LogP contribution in [0.25, 0.3) is 11.7 Å². The molecule has 0 saturated carbocycles. The number of rotatable bonds is 4. The van der Waals surface area contributed by atoms with Crippen LogP contribution < -0.4 is 5.32 Å². The number of hydrogen-bond donors (Lipinski definition) is 1. The third kappa shape index (κ3) is 3.41. The summed E-state index contributed by atoms with van der Waals surface area (Å²) < 4.78 is 1.93. The molecule has 0 unspecified atom stereocenters. The smallest absolute Gasteiger partial charge is 0.244 e. The molecule has 4 nitrogen and oxygen atoms in total. The molecule has 22 heavy (non-hydrogen) atoms. The zero-order valence-electron chi connectivity index (χ0n) is 12.4. The number of hydrogen-bond acceptors (Lipinski definition) is 2. The van der Waals surface area contributed by atoms with Crippen LogP contribution in [0.2, 0.25) is 0 Å². The fourth-order valence-corrected chi connectivity index (χ4v) is 2.16. The molecule has 110 valence electrons. The van der Waals surface area contributed by atoms with E-state index in [4.69, 9.17) is 0 Å². The monoisotopic (exact) mass is 291 g/mol. The average Bonchev–Trinajstić information content (AvgIpc) is 2.95. The predicted molar refractivity (Wildman–Crippen MR) is 87.3 cm³/mol. The lowest BCUT2D eigenvalue weighted by Gasteiger charge is -1.98. The van der Waals surface area contributed by atoms with Crippen molar-refractivity contribution in [3.05, 3.63) is 77.8 Å². The van der Waals surface area contributed by atoms with Crippen LogP contribution in [0, 0.1) is 6.92 Å². The summed E-state index contributed by atoms with van der Waals surface area (Å²) in [5.41, 5.74) is 3.92. The molecule has 2 heterocycles. The fourth-order valence-electron chi connectivity index (χ4n) is 2.16. The Morgan fingerprint density at radius 1 is 1.23 bits per heavy atom. The Bertz CT molecular complexity index is 783. The van der Waals surface area contributed by atoms with Crippen molar-refractivity contribution >= 4 is 17.6 Å². The van der Waals surface area contributed by atoms with Crippen molar-refractivity contribution in [1.82, 2.24) is 14.7 Å². The molecule has 0 spiro atoms. The summed E-state index contributed by atoms with van der Waals surface area (Å²) >= 11 is 0. The predicted octanol–water partition coefficient (Wildman–Crippen LogP) is 2.97. The van der Waals surface area contributed by atoms with Crippen molar-refractivity contribution in [3.8, 4) is 0 Å². The molecule has 3 rings (SSSR count). The average molecular weight is 291 g/mol. The van der Waals surface area contributed by atoms with Gasteiger partial charge in [-0.3, -0.25) is 4.79 Å². The number of pyridine rings is 1. The van der Waals surface area contributed by atoms with Crippen molar-refractivity contribution in [2.75, 3.05) is 0 Å². The number of amides is 1. The minimum atomic E-state index is -0.127. The van der Waals surface area contributed by atoms with Gasteiger partial charge in [-0.25, -0.2) is 4.98 Å². The van der Waals surface area contributed by atoms with Gasteiger partial charge < -0.3 is 9.72 Å². The van der Waals surface area contributed by atoms with Gasteiger partial charge in [0.1, 0.15) is 5.65 Å². The minimum absolute atomic E-state index is 0.127. The molecule has 3 aromatic rings. The number of imidazole rings is 1. The Kier molecular flexibility index (Phi) is 4.01. The van der Waals surface area contributed by atoms with Gasteiger partial charge in [-0.2, -0.15) is 0 Å². The molecule has 0 aliphatic rings. The van der Waals surface area contributed by atoms with E-state index in [-0.39, 0.29) is 5.91 Å². The van der Waals surface area contributed by atoms with Crippen molar-refractivity contribution in [3.63, 3.8) is 0 Å². The van der Waals surface area contributed by atoms with Crippen LogP contribution in [0.4, 0.5) is 0 Å². The van der Waals surface area contributed by atoms with Crippen LogP contribution in [-0.4, -0.2) is 15.3 Å². The summed E-state index contributed by atoms with van der Waals surface area (Å²) in [6, 6.07) is 13.8. The molecule has 1 amide bonds. The van der Waals surface area contributed by atoms with Gasteiger partial charge in [-0.05, 0) is 30.7 Å². The molecule has 1 N–H and O–H groups in total. The maximum Gasteiger partial charge on any atom is 0.244 e. The van der Waals surface area contributed by atoms with Gasteiger partial charge in [-0.15, -0.1) is 0 Å². The number of nitrogens with zero attached hydrogens (tertiary/aromatic N) is 2. The third-order valence-electron chi connectivity index (χ3n) is 3.36. The number of carbonyl (C=O) groups is 1. The van der Waals surface area contributed by atoms with E-state index in [9.17, 15) is 4.79 Å². The molecular formula is C18H17N3O. The van der Waals surface area contributed by atoms with E-state index < -0.39 is 0 Å². The lowest BCUT2D eigenvalue weighted by molar-refractivity contribution is -0.116. The summed E-state index contributed by atoms with van der Waals surface area (Å²) in [7, 11) is 0. The normalized spacial score (nSPS) is 11.1. The lowest BCUT2D eigenvalue weighted by atomic mass is 10.1. The Balaban J connectivity index is 1.58. The summed E-state index contributed by atoms with van der Waals surface area (Å²) in [5, 5.41) is 2.84.